The second-order valence-corrected chi connectivity index (χ2v) is 1.73. The highest BCUT2D eigenvalue weighted by Gasteiger charge is 2.03. The van der Waals surface area contributed by atoms with Crippen LogP contribution < -0.4 is 0 Å². The summed E-state index contributed by atoms with van der Waals surface area (Å²) in [7, 11) is 6.09. The van der Waals surface area contributed by atoms with Crippen LogP contribution in [0, 0.1) is 0 Å². The average molecular weight is 162 g/mol. The van der Waals surface area contributed by atoms with Crippen molar-refractivity contribution in [2.75, 3.05) is 28.4 Å². The van der Waals surface area contributed by atoms with Gasteiger partial charge in [0.25, 0.3) is 5.95 Å². The first-order valence-electron chi connectivity index (χ1n) is 3.13. The largest absolute Gasteiger partial charge is 0.469 e. The van der Waals surface area contributed by atoms with Crippen LogP contribution in [0.5, 0.6) is 0 Å². The maximum absolute atomic E-state index is 4.88. The third-order valence-electron chi connectivity index (χ3n) is 1.14. The maximum Gasteiger partial charge on any atom is 0.279 e. The van der Waals surface area contributed by atoms with Crippen LogP contribution in [0.2, 0.25) is 0 Å². The first-order valence-corrected chi connectivity index (χ1v) is 3.13. The molecule has 0 heterocycles. The highest BCUT2D eigenvalue weighted by Crippen LogP contribution is 2.01. The van der Waals surface area contributed by atoms with Gasteiger partial charge in [0.1, 0.15) is 0 Å². The van der Waals surface area contributed by atoms with Crippen molar-refractivity contribution in [1.82, 2.24) is 0 Å². The van der Waals surface area contributed by atoms with E-state index in [4.69, 9.17) is 18.9 Å². The lowest BCUT2D eigenvalue weighted by Crippen LogP contribution is -2.11. The highest BCUT2D eigenvalue weighted by atomic mass is 16.7. The Morgan fingerprint density at radius 3 is 1.73 bits per heavy atom. The highest BCUT2D eigenvalue weighted by molar-refractivity contribution is 4.86. The molecule has 0 N–H and O–H groups in total. The Morgan fingerprint density at radius 2 is 1.45 bits per heavy atom. The molecule has 0 aliphatic carbocycles. The van der Waals surface area contributed by atoms with E-state index in [1.165, 1.54) is 28.4 Å². The van der Waals surface area contributed by atoms with Gasteiger partial charge in [-0.25, -0.2) is 0 Å². The van der Waals surface area contributed by atoms with Crippen molar-refractivity contribution in [1.29, 1.82) is 0 Å². The zero-order chi connectivity index (χ0) is 8.69. The van der Waals surface area contributed by atoms with E-state index in [1.54, 1.807) is 6.08 Å². The minimum atomic E-state index is -0.426. The van der Waals surface area contributed by atoms with Crippen molar-refractivity contribution in [3.63, 3.8) is 0 Å². The molecule has 0 saturated carbocycles. The fourth-order valence-corrected chi connectivity index (χ4v) is 0.563. The fraction of sp³-hybridized carbons (Fsp3) is 0.714. The van der Waals surface area contributed by atoms with Gasteiger partial charge in [0.2, 0.25) is 0 Å². The van der Waals surface area contributed by atoms with Crippen LogP contribution in [-0.2, 0) is 18.9 Å². The molecule has 0 saturated heterocycles. The molecule has 0 aliphatic heterocycles. The number of rotatable bonds is 5. The Bertz CT molecular complexity index is 112. The maximum atomic E-state index is 4.88. The summed E-state index contributed by atoms with van der Waals surface area (Å²) in [6.45, 7) is 0. The van der Waals surface area contributed by atoms with Gasteiger partial charge < -0.3 is 18.9 Å². The molecule has 0 aromatic heterocycles. The van der Waals surface area contributed by atoms with Gasteiger partial charge in [-0.2, -0.15) is 0 Å². The van der Waals surface area contributed by atoms with E-state index in [0.717, 1.165) is 0 Å². The first kappa shape index (κ1) is 10.3. The molecule has 0 unspecified atom stereocenters. The van der Waals surface area contributed by atoms with E-state index < -0.39 is 6.29 Å². The Morgan fingerprint density at radius 1 is 1.00 bits per heavy atom. The summed E-state index contributed by atoms with van der Waals surface area (Å²) >= 11 is 0. The lowest BCUT2D eigenvalue weighted by Gasteiger charge is -2.10. The summed E-state index contributed by atoms with van der Waals surface area (Å²) in [4.78, 5) is 0. The van der Waals surface area contributed by atoms with Crippen LogP contribution in [0.15, 0.2) is 12.0 Å². The molecule has 0 amide bonds. The quantitative estimate of drug-likeness (QED) is 0.441. The second-order valence-electron chi connectivity index (χ2n) is 1.73. The molecule has 0 atom stereocenters. The van der Waals surface area contributed by atoms with Crippen molar-refractivity contribution >= 4 is 0 Å². The van der Waals surface area contributed by atoms with Gasteiger partial charge in [-0.05, 0) is 0 Å². The normalized spacial score (nSPS) is 9.55. The van der Waals surface area contributed by atoms with E-state index >= 15 is 0 Å². The van der Waals surface area contributed by atoms with Crippen molar-refractivity contribution in [2.45, 2.75) is 6.29 Å². The minimum Gasteiger partial charge on any atom is -0.469 e. The fourth-order valence-electron chi connectivity index (χ4n) is 0.563. The molecule has 0 fully saturated rings. The molecule has 0 spiro atoms. The summed E-state index contributed by atoms with van der Waals surface area (Å²) in [6.07, 6.45) is 1.16. The van der Waals surface area contributed by atoms with Gasteiger partial charge >= 0.3 is 0 Å². The minimum absolute atomic E-state index is 0.374. The van der Waals surface area contributed by atoms with Gasteiger partial charge in [0.15, 0.2) is 6.29 Å². The number of hydrogen-bond acceptors (Lipinski definition) is 4. The van der Waals surface area contributed by atoms with Gasteiger partial charge in [-0.1, -0.05) is 0 Å². The van der Waals surface area contributed by atoms with Crippen LogP contribution >= 0.6 is 0 Å². The van der Waals surface area contributed by atoms with Gasteiger partial charge in [0.05, 0.1) is 20.3 Å². The average Bonchev–Trinajstić information content (AvgIpc) is 2.07. The van der Waals surface area contributed by atoms with E-state index in [1.807, 2.05) is 0 Å². The van der Waals surface area contributed by atoms with Crippen molar-refractivity contribution in [3.05, 3.63) is 12.0 Å². The zero-order valence-electron chi connectivity index (χ0n) is 7.29. The van der Waals surface area contributed by atoms with E-state index in [9.17, 15) is 0 Å². The second kappa shape index (κ2) is 6.00. The smallest absolute Gasteiger partial charge is 0.279 e. The van der Waals surface area contributed by atoms with Crippen molar-refractivity contribution in [3.8, 4) is 0 Å². The topological polar surface area (TPSA) is 36.9 Å². The van der Waals surface area contributed by atoms with Crippen LogP contribution in [0.4, 0.5) is 0 Å². The lowest BCUT2D eigenvalue weighted by atomic mass is 10.6. The van der Waals surface area contributed by atoms with Crippen LogP contribution in [-0.4, -0.2) is 34.7 Å². The Labute approximate surface area is 66.7 Å². The molecule has 0 aliphatic rings. The summed E-state index contributed by atoms with van der Waals surface area (Å²) in [5.74, 6) is 0.374. The number of ether oxygens (including phenoxy) is 4. The Balaban J connectivity index is 3.98. The third-order valence-corrected chi connectivity index (χ3v) is 1.14. The molecular formula is C7H14O4. The van der Waals surface area contributed by atoms with Crippen molar-refractivity contribution in [2.24, 2.45) is 0 Å². The van der Waals surface area contributed by atoms with Gasteiger partial charge in [-0.3, -0.25) is 0 Å². The summed E-state index contributed by atoms with van der Waals surface area (Å²) < 4.78 is 19.4. The predicted molar refractivity (Wildman–Crippen MR) is 39.9 cm³/mol. The third kappa shape index (κ3) is 3.85. The van der Waals surface area contributed by atoms with E-state index in [2.05, 4.69) is 0 Å². The van der Waals surface area contributed by atoms with E-state index in [-0.39, 0.29) is 0 Å². The summed E-state index contributed by atoms with van der Waals surface area (Å²) in [6, 6.07) is 0. The molecule has 11 heavy (non-hydrogen) atoms. The molecule has 0 aromatic rings. The standard InChI is InChI=1S/C7H14O4/c1-8-6(9-2)5-7(10-3)11-4/h5-6H,1-4H3. The monoisotopic (exact) mass is 162 g/mol. The van der Waals surface area contributed by atoms with Crippen LogP contribution in [0.25, 0.3) is 0 Å². The molecule has 0 rings (SSSR count). The molecule has 0 aromatic carbocycles. The molecule has 4 heteroatoms. The Kier molecular flexibility index (Phi) is 5.60. The van der Waals surface area contributed by atoms with Gasteiger partial charge in [-0.15, -0.1) is 0 Å². The van der Waals surface area contributed by atoms with Crippen LogP contribution in [0.1, 0.15) is 0 Å². The van der Waals surface area contributed by atoms with Crippen molar-refractivity contribution < 1.29 is 18.9 Å². The first-order chi connectivity index (χ1) is 5.28. The summed E-state index contributed by atoms with van der Waals surface area (Å²) in [5.41, 5.74) is 0. The predicted octanol–water partition coefficient (Wildman–Crippen LogP) is 0.739. The van der Waals surface area contributed by atoms with Crippen LogP contribution in [0.3, 0.4) is 0 Å². The lowest BCUT2D eigenvalue weighted by molar-refractivity contribution is -0.0726. The number of methoxy groups -OCH3 is 4. The molecule has 4 nitrogen and oxygen atoms in total. The molecule has 0 bridgehead atoms. The zero-order valence-corrected chi connectivity index (χ0v) is 7.29. The molecular weight excluding hydrogens is 148 g/mol. The SMILES string of the molecule is COC(=CC(OC)OC)OC. The summed E-state index contributed by atoms with van der Waals surface area (Å²) in [5, 5.41) is 0. The molecule has 0 radical (unpaired) electrons. The Hall–Kier alpha value is -0.740. The van der Waals surface area contributed by atoms with Gasteiger partial charge in [0, 0.05) is 14.2 Å². The molecule has 66 valence electrons. The number of hydrogen-bond donors (Lipinski definition) is 0. The van der Waals surface area contributed by atoms with E-state index in [0.29, 0.717) is 5.95 Å².